The van der Waals surface area contributed by atoms with Gasteiger partial charge in [-0.25, -0.2) is 13.6 Å². The summed E-state index contributed by atoms with van der Waals surface area (Å²) in [5.41, 5.74) is 4.00. The molecule has 1 aliphatic heterocycles. The molecule has 2 aromatic carbocycles. The van der Waals surface area contributed by atoms with E-state index in [4.69, 9.17) is 9.88 Å². The lowest BCUT2D eigenvalue weighted by atomic mass is 10.1. The molecule has 0 radical (unpaired) electrons. The lowest BCUT2D eigenvalue weighted by Crippen LogP contribution is -2.17. The maximum absolute atomic E-state index is 12.4. The first-order chi connectivity index (χ1) is 11.7. The van der Waals surface area contributed by atoms with Crippen molar-refractivity contribution in [2.24, 2.45) is 5.14 Å². The molecule has 0 spiro atoms. The van der Waals surface area contributed by atoms with Crippen molar-refractivity contribution in [3.8, 4) is 5.75 Å². The Morgan fingerprint density at radius 1 is 1.24 bits per heavy atom. The van der Waals surface area contributed by atoms with Crippen LogP contribution in [0.4, 0.5) is 5.69 Å². The molecule has 0 unspecified atom stereocenters. The van der Waals surface area contributed by atoms with Crippen molar-refractivity contribution in [1.29, 1.82) is 0 Å². The summed E-state index contributed by atoms with van der Waals surface area (Å²) in [5, 5.41) is 7.99. The molecule has 0 aliphatic carbocycles. The number of anilines is 1. The van der Waals surface area contributed by atoms with E-state index in [0.29, 0.717) is 12.3 Å². The van der Waals surface area contributed by atoms with Crippen LogP contribution >= 0.6 is 0 Å². The number of fused-ring (bicyclic) bond motifs is 1. The summed E-state index contributed by atoms with van der Waals surface area (Å²) in [6.07, 6.45) is 1.05. The third kappa shape index (κ3) is 3.83. The Morgan fingerprint density at radius 2 is 2.00 bits per heavy atom. The second-order valence-corrected chi connectivity index (χ2v) is 7.78. The van der Waals surface area contributed by atoms with Crippen molar-refractivity contribution in [2.45, 2.75) is 31.6 Å². The SMILES string of the molecule is Cc1cc(S(N)(=O)=O)cc(NC(=O)Cc2ccc3c(c2)CCO3)c1C. The van der Waals surface area contributed by atoms with Crippen LogP contribution in [0.15, 0.2) is 35.2 Å². The molecule has 1 amide bonds. The number of carbonyl (C=O) groups excluding carboxylic acids is 1. The molecule has 1 aliphatic rings. The molecule has 3 N–H and O–H groups in total. The van der Waals surface area contributed by atoms with E-state index in [9.17, 15) is 13.2 Å². The van der Waals surface area contributed by atoms with Gasteiger partial charge in [0.1, 0.15) is 5.75 Å². The highest BCUT2D eigenvalue weighted by Crippen LogP contribution is 2.27. The molecule has 0 atom stereocenters. The zero-order valence-electron chi connectivity index (χ0n) is 14.1. The molecule has 3 rings (SSSR count). The molecule has 0 saturated carbocycles. The highest BCUT2D eigenvalue weighted by molar-refractivity contribution is 7.89. The van der Waals surface area contributed by atoms with Gasteiger partial charge in [-0.15, -0.1) is 0 Å². The van der Waals surface area contributed by atoms with Crippen LogP contribution in [-0.2, 0) is 27.7 Å². The molecule has 0 aromatic heterocycles. The molecule has 7 heteroatoms. The van der Waals surface area contributed by atoms with Crippen LogP contribution in [-0.4, -0.2) is 20.9 Å². The lowest BCUT2D eigenvalue weighted by Gasteiger charge is -2.13. The molecule has 6 nitrogen and oxygen atoms in total. The number of rotatable bonds is 4. The van der Waals surface area contributed by atoms with Gasteiger partial charge in [0.15, 0.2) is 0 Å². The first kappa shape index (κ1) is 17.4. The van der Waals surface area contributed by atoms with Crippen molar-refractivity contribution in [1.82, 2.24) is 0 Å². The van der Waals surface area contributed by atoms with Gasteiger partial charge in [0.25, 0.3) is 0 Å². The standard InChI is InChI=1S/C18H20N2O4S/c1-11-7-15(25(19,22)23)10-16(12(11)2)20-18(21)9-13-3-4-17-14(8-13)5-6-24-17/h3-4,7-8,10H,5-6,9H2,1-2H3,(H,20,21)(H2,19,22,23). The number of benzene rings is 2. The third-order valence-corrected chi connectivity index (χ3v) is 5.25. The van der Waals surface area contributed by atoms with E-state index in [1.807, 2.05) is 25.1 Å². The molecule has 132 valence electrons. The van der Waals surface area contributed by atoms with Crippen molar-refractivity contribution in [2.75, 3.05) is 11.9 Å². The number of ether oxygens (including phenoxy) is 1. The van der Waals surface area contributed by atoms with Crippen LogP contribution in [0.3, 0.4) is 0 Å². The predicted octanol–water partition coefficient (Wildman–Crippen LogP) is 2.07. The molecule has 25 heavy (non-hydrogen) atoms. The van der Waals surface area contributed by atoms with Crippen molar-refractivity contribution < 1.29 is 17.9 Å². The number of nitrogens with two attached hydrogens (primary N) is 1. The first-order valence-electron chi connectivity index (χ1n) is 7.92. The predicted molar refractivity (Wildman–Crippen MR) is 95.3 cm³/mol. The maximum atomic E-state index is 12.4. The molecular weight excluding hydrogens is 340 g/mol. The maximum Gasteiger partial charge on any atom is 0.238 e. The van der Waals surface area contributed by atoms with Gasteiger partial charge >= 0.3 is 0 Å². The Kier molecular flexibility index (Phi) is 4.53. The Morgan fingerprint density at radius 3 is 2.72 bits per heavy atom. The van der Waals surface area contributed by atoms with Crippen LogP contribution < -0.4 is 15.2 Å². The summed E-state index contributed by atoms with van der Waals surface area (Å²) < 4.78 is 28.6. The van der Waals surface area contributed by atoms with Crippen molar-refractivity contribution in [3.63, 3.8) is 0 Å². The van der Waals surface area contributed by atoms with Crippen molar-refractivity contribution >= 4 is 21.6 Å². The summed E-state index contributed by atoms with van der Waals surface area (Å²) in [4.78, 5) is 12.4. The minimum Gasteiger partial charge on any atom is -0.493 e. The van der Waals surface area contributed by atoms with Gasteiger partial charge in [0.2, 0.25) is 15.9 Å². The molecular formula is C18H20N2O4S. The number of nitrogens with one attached hydrogen (secondary N) is 1. The van der Waals surface area contributed by atoms with E-state index in [2.05, 4.69) is 5.32 Å². The zero-order chi connectivity index (χ0) is 18.2. The minimum atomic E-state index is -3.83. The third-order valence-electron chi connectivity index (χ3n) is 4.36. The number of carbonyl (C=O) groups is 1. The van der Waals surface area contributed by atoms with Gasteiger partial charge in [0.05, 0.1) is 17.9 Å². The van der Waals surface area contributed by atoms with E-state index >= 15 is 0 Å². The molecule has 0 bridgehead atoms. The summed E-state index contributed by atoms with van der Waals surface area (Å²) in [6.45, 7) is 4.27. The molecule has 1 heterocycles. The van der Waals surface area contributed by atoms with E-state index < -0.39 is 10.0 Å². The summed E-state index contributed by atoms with van der Waals surface area (Å²) in [6, 6.07) is 8.61. The topological polar surface area (TPSA) is 98.5 Å². The Bertz CT molecular complexity index is 952. The van der Waals surface area contributed by atoms with Crippen LogP contribution in [0.1, 0.15) is 22.3 Å². The highest BCUT2D eigenvalue weighted by Gasteiger charge is 2.16. The Balaban J connectivity index is 1.80. The summed E-state index contributed by atoms with van der Waals surface area (Å²) in [7, 11) is -3.83. The van der Waals surface area contributed by atoms with Gasteiger partial charge in [-0.1, -0.05) is 12.1 Å². The Hall–Kier alpha value is -2.38. The summed E-state index contributed by atoms with van der Waals surface area (Å²) >= 11 is 0. The smallest absolute Gasteiger partial charge is 0.238 e. The number of amides is 1. The van der Waals surface area contributed by atoms with Crippen LogP contribution in [0.2, 0.25) is 0 Å². The number of sulfonamides is 1. The first-order valence-corrected chi connectivity index (χ1v) is 9.47. The summed E-state index contributed by atoms with van der Waals surface area (Å²) in [5.74, 6) is 0.657. The average molecular weight is 360 g/mol. The monoisotopic (exact) mass is 360 g/mol. The van der Waals surface area contributed by atoms with Gasteiger partial charge < -0.3 is 10.1 Å². The minimum absolute atomic E-state index is 0.0134. The zero-order valence-corrected chi connectivity index (χ0v) is 14.9. The number of hydrogen-bond acceptors (Lipinski definition) is 4. The largest absolute Gasteiger partial charge is 0.493 e. The van der Waals surface area contributed by atoms with E-state index in [0.717, 1.165) is 34.4 Å². The number of primary sulfonamides is 1. The quantitative estimate of drug-likeness (QED) is 0.872. The number of hydrogen-bond donors (Lipinski definition) is 2. The lowest BCUT2D eigenvalue weighted by molar-refractivity contribution is -0.115. The van der Waals surface area contributed by atoms with Gasteiger partial charge in [0, 0.05) is 12.1 Å². The van der Waals surface area contributed by atoms with Gasteiger partial charge in [-0.2, -0.15) is 0 Å². The second kappa shape index (κ2) is 6.50. The van der Waals surface area contributed by atoms with E-state index in [1.165, 1.54) is 12.1 Å². The molecule has 0 fully saturated rings. The Labute approximate surface area is 147 Å². The second-order valence-electron chi connectivity index (χ2n) is 6.22. The average Bonchev–Trinajstić information content (AvgIpc) is 2.98. The van der Waals surface area contributed by atoms with Crippen LogP contribution in [0.25, 0.3) is 0 Å². The van der Waals surface area contributed by atoms with E-state index in [-0.39, 0.29) is 17.2 Å². The fourth-order valence-electron chi connectivity index (χ4n) is 2.85. The molecule has 0 saturated heterocycles. The fraction of sp³-hybridized carbons (Fsp3) is 0.278. The highest BCUT2D eigenvalue weighted by atomic mass is 32.2. The normalized spacial score (nSPS) is 13.2. The van der Waals surface area contributed by atoms with Crippen LogP contribution in [0.5, 0.6) is 5.75 Å². The number of aryl methyl sites for hydroxylation is 1. The van der Waals surface area contributed by atoms with Crippen LogP contribution in [0, 0.1) is 13.8 Å². The van der Waals surface area contributed by atoms with Crippen molar-refractivity contribution in [3.05, 3.63) is 52.6 Å². The van der Waals surface area contributed by atoms with Gasteiger partial charge in [-0.3, -0.25) is 4.79 Å². The fourth-order valence-corrected chi connectivity index (χ4v) is 3.47. The van der Waals surface area contributed by atoms with Gasteiger partial charge in [-0.05, 0) is 54.3 Å². The van der Waals surface area contributed by atoms with E-state index in [1.54, 1.807) is 6.92 Å². The molecule has 2 aromatic rings.